The predicted molar refractivity (Wildman–Crippen MR) is 85.0 cm³/mol. The number of methoxy groups -OCH3 is 1. The van der Waals surface area contributed by atoms with Gasteiger partial charge in [-0.25, -0.2) is 4.98 Å². The molecule has 2 aromatic carbocycles. The molecule has 1 aromatic heterocycles. The maximum atomic E-state index is 12.1. The number of H-pyrrole nitrogens is 1. The molecule has 0 aliphatic carbocycles. The molecule has 0 saturated heterocycles. The van der Waals surface area contributed by atoms with Crippen LogP contribution in [-0.2, 0) is 6.54 Å². The zero-order valence-corrected chi connectivity index (χ0v) is 12.5. The molecule has 0 bridgehead atoms. The number of aryl methyl sites for hydroxylation is 1. The summed E-state index contributed by atoms with van der Waals surface area (Å²) in [5.41, 5.74) is 3.61. The molecule has 5 nitrogen and oxygen atoms in total. The Labute approximate surface area is 128 Å². The Bertz CT molecular complexity index is 824. The van der Waals surface area contributed by atoms with Gasteiger partial charge in [0.05, 0.1) is 24.7 Å². The van der Waals surface area contributed by atoms with Crippen molar-refractivity contribution in [3.05, 3.63) is 59.4 Å². The summed E-state index contributed by atoms with van der Waals surface area (Å²) in [6.07, 6.45) is 0. The van der Waals surface area contributed by atoms with Crippen molar-refractivity contribution in [1.29, 1.82) is 0 Å². The van der Waals surface area contributed by atoms with Gasteiger partial charge in [0.25, 0.3) is 5.91 Å². The van der Waals surface area contributed by atoms with Crippen molar-refractivity contribution < 1.29 is 9.53 Å². The van der Waals surface area contributed by atoms with Gasteiger partial charge in [0.2, 0.25) is 0 Å². The number of fused-ring (bicyclic) bond motifs is 1. The van der Waals surface area contributed by atoms with E-state index in [2.05, 4.69) is 15.3 Å². The zero-order chi connectivity index (χ0) is 15.5. The molecule has 3 rings (SSSR count). The molecular formula is C17H17N3O2. The number of amides is 1. The number of rotatable bonds is 4. The monoisotopic (exact) mass is 295 g/mol. The summed E-state index contributed by atoms with van der Waals surface area (Å²) in [6.45, 7) is 2.38. The largest absolute Gasteiger partial charge is 0.497 e. The van der Waals surface area contributed by atoms with Crippen LogP contribution in [0.5, 0.6) is 5.75 Å². The van der Waals surface area contributed by atoms with E-state index < -0.39 is 0 Å². The van der Waals surface area contributed by atoms with Crippen molar-refractivity contribution >= 4 is 16.9 Å². The Balaban J connectivity index is 1.71. The summed E-state index contributed by atoms with van der Waals surface area (Å²) in [5, 5.41) is 2.85. The Morgan fingerprint density at radius 1 is 1.27 bits per heavy atom. The standard InChI is InChI=1S/C17H17N3O2/c1-11-6-7-14-15(8-11)20-16(19-14)10-18-17(21)12-4-3-5-13(9-12)22-2/h3-9H,10H2,1-2H3,(H,18,21)(H,19,20). The summed E-state index contributed by atoms with van der Waals surface area (Å²) < 4.78 is 5.12. The van der Waals surface area contributed by atoms with E-state index in [4.69, 9.17) is 4.74 Å². The van der Waals surface area contributed by atoms with Crippen molar-refractivity contribution in [2.24, 2.45) is 0 Å². The van der Waals surface area contributed by atoms with Crippen LogP contribution in [0.1, 0.15) is 21.7 Å². The van der Waals surface area contributed by atoms with E-state index in [1.165, 1.54) is 5.56 Å². The highest BCUT2D eigenvalue weighted by molar-refractivity contribution is 5.94. The van der Waals surface area contributed by atoms with Crippen LogP contribution < -0.4 is 10.1 Å². The highest BCUT2D eigenvalue weighted by Gasteiger charge is 2.08. The lowest BCUT2D eigenvalue weighted by molar-refractivity contribution is 0.0949. The van der Waals surface area contributed by atoms with Crippen LogP contribution in [0.2, 0.25) is 0 Å². The maximum Gasteiger partial charge on any atom is 0.251 e. The normalized spacial score (nSPS) is 10.6. The van der Waals surface area contributed by atoms with Gasteiger partial charge < -0.3 is 15.0 Å². The number of aromatic nitrogens is 2. The number of nitrogens with zero attached hydrogens (tertiary/aromatic N) is 1. The van der Waals surface area contributed by atoms with Gasteiger partial charge in [-0.15, -0.1) is 0 Å². The van der Waals surface area contributed by atoms with Gasteiger partial charge >= 0.3 is 0 Å². The molecule has 1 heterocycles. The molecule has 112 valence electrons. The number of hydrogen-bond donors (Lipinski definition) is 2. The van der Waals surface area contributed by atoms with E-state index in [0.29, 0.717) is 17.9 Å². The number of carbonyl (C=O) groups is 1. The summed E-state index contributed by atoms with van der Waals surface area (Å²) >= 11 is 0. The second-order valence-electron chi connectivity index (χ2n) is 5.12. The summed E-state index contributed by atoms with van der Waals surface area (Å²) in [7, 11) is 1.58. The van der Waals surface area contributed by atoms with Crippen LogP contribution in [0.3, 0.4) is 0 Å². The summed E-state index contributed by atoms with van der Waals surface area (Å²) in [5.74, 6) is 1.24. The van der Waals surface area contributed by atoms with Gasteiger partial charge in [0, 0.05) is 5.56 Å². The predicted octanol–water partition coefficient (Wildman–Crippen LogP) is 2.81. The fraction of sp³-hybridized carbons (Fsp3) is 0.176. The third kappa shape index (κ3) is 2.93. The van der Waals surface area contributed by atoms with E-state index >= 15 is 0 Å². The van der Waals surface area contributed by atoms with Crippen LogP contribution in [0.4, 0.5) is 0 Å². The highest BCUT2D eigenvalue weighted by Crippen LogP contribution is 2.14. The van der Waals surface area contributed by atoms with Crippen LogP contribution in [0, 0.1) is 6.92 Å². The van der Waals surface area contributed by atoms with Gasteiger partial charge in [-0.1, -0.05) is 12.1 Å². The number of carbonyl (C=O) groups excluding carboxylic acids is 1. The van der Waals surface area contributed by atoms with E-state index in [9.17, 15) is 4.79 Å². The highest BCUT2D eigenvalue weighted by atomic mass is 16.5. The molecule has 22 heavy (non-hydrogen) atoms. The fourth-order valence-electron chi connectivity index (χ4n) is 2.29. The van der Waals surface area contributed by atoms with Crippen molar-refractivity contribution in [2.75, 3.05) is 7.11 Å². The quantitative estimate of drug-likeness (QED) is 0.777. The van der Waals surface area contributed by atoms with Crippen LogP contribution >= 0.6 is 0 Å². The number of imidazole rings is 1. The van der Waals surface area contributed by atoms with Gasteiger partial charge in [-0.05, 0) is 42.8 Å². The molecule has 2 N–H and O–H groups in total. The summed E-state index contributed by atoms with van der Waals surface area (Å²) in [6, 6.07) is 13.1. The molecule has 0 radical (unpaired) electrons. The van der Waals surface area contributed by atoms with E-state index in [1.807, 2.05) is 25.1 Å². The maximum absolute atomic E-state index is 12.1. The molecule has 0 fully saturated rings. The minimum absolute atomic E-state index is 0.157. The van der Waals surface area contributed by atoms with Crippen LogP contribution in [-0.4, -0.2) is 23.0 Å². The molecule has 3 aromatic rings. The molecule has 0 aliphatic rings. The molecule has 5 heteroatoms. The Hall–Kier alpha value is -2.82. The smallest absolute Gasteiger partial charge is 0.251 e. The number of aromatic amines is 1. The van der Waals surface area contributed by atoms with Crippen molar-refractivity contribution in [3.63, 3.8) is 0 Å². The first-order valence-corrected chi connectivity index (χ1v) is 7.03. The van der Waals surface area contributed by atoms with E-state index in [-0.39, 0.29) is 5.91 Å². The number of benzene rings is 2. The van der Waals surface area contributed by atoms with Gasteiger partial charge in [0.15, 0.2) is 0 Å². The number of ether oxygens (including phenoxy) is 1. The van der Waals surface area contributed by atoms with Crippen molar-refractivity contribution in [1.82, 2.24) is 15.3 Å². The number of hydrogen-bond acceptors (Lipinski definition) is 3. The number of nitrogens with one attached hydrogen (secondary N) is 2. The van der Waals surface area contributed by atoms with Crippen LogP contribution in [0.25, 0.3) is 11.0 Å². The lowest BCUT2D eigenvalue weighted by Crippen LogP contribution is -2.23. The molecule has 0 saturated carbocycles. The van der Waals surface area contributed by atoms with E-state index in [1.54, 1.807) is 31.4 Å². The zero-order valence-electron chi connectivity index (χ0n) is 12.5. The lowest BCUT2D eigenvalue weighted by atomic mass is 10.2. The Kier molecular flexibility index (Phi) is 3.78. The molecule has 0 atom stereocenters. The van der Waals surface area contributed by atoms with Gasteiger partial charge in [-0.2, -0.15) is 0 Å². The van der Waals surface area contributed by atoms with Crippen molar-refractivity contribution in [3.8, 4) is 5.75 Å². The third-order valence-corrected chi connectivity index (χ3v) is 3.43. The van der Waals surface area contributed by atoms with Gasteiger partial charge in [-0.3, -0.25) is 4.79 Å². The first-order valence-electron chi connectivity index (χ1n) is 7.03. The third-order valence-electron chi connectivity index (χ3n) is 3.43. The SMILES string of the molecule is COc1cccc(C(=O)NCc2nc3ccc(C)cc3[nH]2)c1. The lowest BCUT2D eigenvalue weighted by Gasteiger charge is -2.05. The first-order chi connectivity index (χ1) is 10.7. The summed E-state index contributed by atoms with van der Waals surface area (Å²) in [4.78, 5) is 19.8. The van der Waals surface area contributed by atoms with E-state index in [0.717, 1.165) is 16.9 Å². The molecule has 0 unspecified atom stereocenters. The average Bonchev–Trinajstić information content (AvgIpc) is 2.94. The average molecular weight is 295 g/mol. The topological polar surface area (TPSA) is 67.0 Å². The first kappa shape index (κ1) is 14.1. The molecule has 0 aliphatic heterocycles. The second-order valence-corrected chi connectivity index (χ2v) is 5.12. The minimum atomic E-state index is -0.157. The Morgan fingerprint density at radius 3 is 2.95 bits per heavy atom. The second kappa shape index (κ2) is 5.89. The molecule has 0 spiro atoms. The van der Waals surface area contributed by atoms with Crippen molar-refractivity contribution in [2.45, 2.75) is 13.5 Å². The Morgan fingerprint density at radius 2 is 2.14 bits per heavy atom. The van der Waals surface area contributed by atoms with Gasteiger partial charge in [0.1, 0.15) is 11.6 Å². The molecule has 1 amide bonds. The fourth-order valence-corrected chi connectivity index (χ4v) is 2.29. The minimum Gasteiger partial charge on any atom is -0.497 e. The van der Waals surface area contributed by atoms with Crippen LogP contribution in [0.15, 0.2) is 42.5 Å². The molecular weight excluding hydrogens is 278 g/mol.